The van der Waals surface area contributed by atoms with E-state index in [1.54, 1.807) is 0 Å². The van der Waals surface area contributed by atoms with Crippen molar-refractivity contribution in [1.29, 1.82) is 0 Å². The molecule has 0 radical (unpaired) electrons. The largest absolute Gasteiger partial charge is 0.345 e. The fraction of sp³-hybridized carbons (Fsp3) is 0.909. The Morgan fingerprint density at radius 3 is 2.64 bits per heavy atom. The smallest absolute Gasteiger partial charge is 0.223 e. The molecule has 0 aromatic rings. The second-order valence-electron chi connectivity index (χ2n) is 4.65. The van der Waals surface area contributed by atoms with Crippen molar-refractivity contribution in [2.24, 2.45) is 5.92 Å². The topological polar surface area (TPSA) is 32.3 Å². The highest BCUT2D eigenvalue weighted by molar-refractivity contribution is 5.76. The third kappa shape index (κ3) is 4.61. The van der Waals surface area contributed by atoms with E-state index >= 15 is 0 Å². The molecule has 1 aliphatic rings. The van der Waals surface area contributed by atoms with E-state index in [2.05, 4.69) is 19.2 Å². The van der Waals surface area contributed by atoms with Crippen LogP contribution in [0.2, 0.25) is 0 Å². The van der Waals surface area contributed by atoms with Crippen molar-refractivity contribution in [1.82, 2.24) is 10.2 Å². The highest BCUT2D eigenvalue weighted by atomic mass is 16.2. The second-order valence-corrected chi connectivity index (χ2v) is 4.65. The molecule has 0 heterocycles. The van der Waals surface area contributed by atoms with Crippen LogP contribution in [-0.4, -0.2) is 37.0 Å². The summed E-state index contributed by atoms with van der Waals surface area (Å²) >= 11 is 0. The Morgan fingerprint density at radius 1 is 1.50 bits per heavy atom. The average Bonchev–Trinajstić information content (AvgIpc) is 2.86. The van der Waals surface area contributed by atoms with Crippen molar-refractivity contribution in [3.63, 3.8) is 0 Å². The highest BCUT2D eigenvalue weighted by Crippen LogP contribution is 2.18. The molecule has 0 aliphatic heterocycles. The quantitative estimate of drug-likeness (QED) is 0.696. The lowest BCUT2D eigenvalue weighted by Crippen LogP contribution is -2.32. The van der Waals surface area contributed by atoms with Gasteiger partial charge in [0.25, 0.3) is 0 Å². The average molecular weight is 198 g/mol. The van der Waals surface area contributed by atoms with Crippen molar-refractivity contribution in [2.45, 2.75) is 39.2 Å². The maximum absolute atomic E-state index is 11.6. The van der Waals surface area contributed by atoms with Crippen LogP contribution in [0.15, 0.2) is 0 Å². The number of carbonyl (C=O) groups excluding carboxylic acids is 1. The number of carbonyl (C=O) groups is 1. The van der Waals surface area contributed by atoms with Gasteiger partial charge in [0.2, 0.25) is 5.91 Å². The lowest BCUT2D eigenvalue weighted by molar-refractivity contribution is -0.130. The van der Waals surface area contributed by atoms with Gasteiger partial charge in [-0.15, -0.1) is 0 Å². The Kier molecular flexibility index (Phi) is 4.39. The molecule has 0 aromatic carbocycles. The van der Waals surface area contributed by atoms with Gasteiger partial charge >= 0.3 is 0 Å². The van der Waals surface area contributed by atoms with Gasteiger partial charge < -0.3 is 10.2 Å². The van der Waals surface area contributed by atoms with E-state index in [9.17, 15) is 4.79 Å². The zero-order chi connectivity index (χ0) is 10.6. The Hall–Kier alpha value is -0.570. The number of nitrogens with one attached hydrogen (secondary N) is 1. The van der Waals surface area contributed by atoms with Crippen LogP contribution in [-0.2, 0) is 4.79 Å². The van der Waals surface area contributed by atoms with Crippen LogP contribution in [0.5, 0.6) is 0 Å². The molecule has 1 rings (SSSR count). The number of hydrogen-bond acceptors (Lipinski definition) is 2. The fourth-order valence-electron chi connectivity index (χ4n) is 1.51. The van der Waals surface area contributed by atoms with E-state index in [-0.39, 0.29) is 5.91 Å². The number of amides is 1. The molecule has 1 N–H and O–H groups in total. The van der Waals surface area contributed by atoms with E-state index in [1.807, 2.05) is 11.9 Å². The molecule has 14 heavy (non-hydrogen) atoms. The zero-order valence-corrected chi connectivity index (χ0v) is 9.55. The van der Waals surface area contributed by atoms with Crippen LogP contribution < -0.4 is 5.32 Å². The van der Waals surface area contributed by atoms with Gasteiger partial charge in [0, 0.05) is 32.6 Å². The van der Waals surface area contributed by atoms with Crippen LogP contribution in [0.3, 0.4) is 0 Å². The van der Waals surface area contributed by atoms with Gasteiger partial charge in [-0.3, -0.25) is 4.79 Å². The van der Waals surface area contributed by atoms with Crippen LogP contribution in [0.1, 0.15) is 33.1 Å². The number of nitrogens with zero attached hydrogens (tertiary/aromatic N) is 1. The first kappa shape index (κ1) is 11.5. The van der Waals surface area contributed by atoms with Crippen LogP contribution >= 0.6 is 0 Å². The number of hydrogen-bond donors (Lipinski definition) is 1. The standard InChI is InChI=1S/C11H22N2O/c1-9(2)8-13(3)11(14)6-7-12-10-4-5-10/h9-10,12H,4-8H2,1-3H3. The molecule has 0 aromatic heterocycles. The van der Waals surface area contributed by atoms with Crippen molar-refractivity contribution in [3.05, 3.63) is 0 Å². The number of rotatable bonds is 6. The summed E-state index contributed by atoms with van der Waals surface area (Å²) in [6, 6.07) is 0.707. The third-order valence-corrected chi connectivity index (χ3v) is 2.41. The minimum absolute atomic E-state index is 0.256. The van der Waals surface area contributed by atoms with E-state index < -0.39 is 0 Å². The first-order valence-corrected chi connectivity index (χ1v) is 5.57. The third-order valence-electron chi connectivity index (χ3n) is 2.41. The first-order chi connectivity index (χ1) is 6.59. The molecule has 0 spiro atoms. The summed E-state index contributed by atoms with van der Waals surface area (Å²) in [6.07, 6.45) is 3.21. The first-order valence-electron chi connectivity index (χ1n) is 5.57. The van der Waals surface area contributed by atoms with Gasteiger partial charge in [-0.2, -0.15) is 0 Å². The predicted molar refractivity (Wildman–Crippen MR) is 58.1 cm³/mol. The summed E-state index contributed by atoms with van der Waals surface area (Å²) in [5.74, 6) is 0.812. The van der Waals surface area contributed by atoms with Crippen LogP contribution in [0.4, 0.5) is 0 Å². The summed E-state index contributed by atoms with van der Waals surface area (Å²) in [4.78, 5) is 13.4. The fourth-order valence-corrected chi connectivity index (χ4v) is 1.51. The minimum Gasteiger partial charge on any atom is -0.345 e. The van der Waals surface area contributed by atoms with Gasteiger partial charge in [0.05, 0.1) is 0 Å². The van der Waals surface area contributed by atoms with Gasteiger partial charge in [0.1, 0.15) is 0 Å². The molecule has 1 amide bonds. The minimum atomic E-state index is 0.256. The Labute approximate surface area is 86.9 Å². The van der Waals surface area contributed by atoms with Crippen molar-refractivity contribution >= 4 is 5.91 Å². The predicted octanol–water partition coefficient (Wildman–Crippen LogP) is 1.24. The van der Waals surface area contributed by atoms with Crippen molar-refractivity contribution < 1.29 is 4.79 Å². The molecular formula is C11H22N2O. The monoisotopic (exact) mass is 198 g/mol. The molecule has 0 saturated heterocycles. The molecular weight excluding hydrogens is 176 g/mol. The summed E-state index contributed by atoms with van der Waals surface area (Å²) in [6.45, 7) is 5.96. The van der Waals surface area contributed by atoms with Crippen LogP contribution in [0, 0.1) is 5.92 Å². The normalized spacial score (nSPS) is 16.0. The summed E-state index contributed by atoms with van der Waals surface area (Å²) in [5.41, 5.74) is 0. The summed E-state index contributed by atoms with van der Waals surface area (Å²) in [7, 11) is 1.89. The summed E-state index contributed by atoms with van der Waals surface area (Å²) in [5, 5.41) is 3.35. The molecule has 0 atom stereocenters. The van der Waals surface area contributed by atoms with Gasteiger partial charge in [0.15, 0.2) is 0 Å². The molecule has 1 aliphatic carbocycles. The Balaban J connectivity index is 2.06. The SMILES string of the molecule is CC(C)CN(C)C(=O)CCNC1CC1. The zero-order valence-electron chi connectivity index (χ0n) is 9.55. The highest BCUT2D eigenvalue weighted by Gasteiger charge is 2.20. The van der Waals surface area contributed by atoms with E-state index in [0.717, 1.165) is 13.1 Å². The molecule has 1 saturated carbocycles. The summed E-state index contributed by atoms with van der Waals surface area (Å²) < 4.78 is 0. The molecule has 1 fully saturated rings. The van der Waals surface area contributed by atoms with E-state index in [1.165, 1.54) is 12.8 Å². The van der Waals surface area contributed by atoms with Gasteiger partial charge in [-0.05, 0) is 18.8 Å². The molecule has 0 bridgehead atoms. The van der Waals surface area contributed by atoms with Gasteiger partial charge in [-0.25, -0.2) is 0 Å². The van der Waals surface area contributed by atoms with Gasteiger partial charge in [-0.1, -0.05) is 13.8 Å². The second kappa shape index (κ2) is 5.35. The Bertz CT molecular complexity index is 188. The lowest BCUT2D eigenvalue weighted by Gasteiger charge is -2.19. The van der Waals surface area contributed by atoms with E-state index in [4.69, 9.17) is 0 Å². The molecule has 82 valence electrons. The van der Waals surface area contributed by atoms with Crippen molar-refractivity contribution in [3.8, 4) is 0 Å². The Morgan fingerprint density at radius 2 is 2.14 bits per heavy atom. The van der Waals surface area contributed by atoms with Crippen LogP contribution in [0.25, 0.3) is 0 Å². The molecule has 3 heteroatoms. The molecule has 3 nitrogen and oxygen atoms in total. The lowest BCUT2D eigenvalue weighted by atomic mass is 10.2. The van der Waals surface area contributed by atoms with E-state index in [0.29, 0.717) is 18.4 Å². The maximum Gasteiger partial charge on any atom is 0.223 e. The van der Waals surface area contributed by atoms with Crippen molar-refractivity contribution in [2.75, 3.05) is 20.1 Å². The maximum atomic E-state index is 11.6. The molecule has 0 unspecified atom stereocenters.